The van der Waals surface area contributed by atoms with E-state index < -0.39 is 5.54 Å². The van der Waals surface area contributed by atoms with Crippen LogP contribution < -0.4 is 0 Å². The second kappa shape index (κ2) is 3.07. The van der Waals surface area contributed by atoms with E-state index in [2.05, 4.69) is 6.07 Å². The smallest absolute Gasteiger partial charge is 0.216 e. The van der Waals surface area contributed by atoms with Crippen LogP contribution in [0.4, 0.5) is 0 Å². The molecule has 80 valence electrons. The molecule has 2 heterocycles. The Hall–Kier alpha value is -1.34. The summed E-state index contributed by atoms with van der Waals surface area (Å²) in [6.07, 6.45) is 2.36. The number of ketones is 1. The number of ether oxygens (including phenoxy) is 1. The first-order chi connectivity index (χ1) is 7.04. The van der Waals surface area contributed by atoms with E-state index in [0.29, 0.717) is 12.2 Å². The lowest BCUT2D eigenvalue weighted by Gasteiger charge is -2.36. The number of fused-ring (bicyclic) bond motifs is 2. The predicted octanol–water partition coefficient (Wildman–Crippen LogP) is 0.702. The van der Waals surface area contributed by atoms with Gasteiger partial charge in [0.25, 0.3) is 0 Å². The Labute approximate surface area is 89.1 Å². The molecular formula is C11H14N2O2. The fraction of sp³-hybridized carbons (Fsp3) is 0.636. The van der Waals surface area contributed by atoms with Crippen molar-refractivity contribution < 1.29 is 9.53 Å². The molecule has 15 heavy (non-hydrogen) atoms. The van der Waals surface area contributed by atoms with Crippen LogP contribution in [0.15, 0.2) is 11.8 Å². The number of methoxy groups -OCH3 is 1. The third-order valence-corrected chi connectivity index (χ3v) is 3.68. The molecule has 2 aliphatic heterocycles. The summed E-state index contributed by atoms with van der Waals surface area (Å²) in [5, 5.41) is 9.03. The first kappa shape index (κ1) is 10.2. The lowest BCUT2D eigenvalue weighted by atomic mass is 9.90. The van der Waals surface area contributed by atoms with Gasteiger partial charge in [0.1, 0.15) is 0 Å². The van der Waals surface area contributed by atoms with E-state index in [4.69, 9.17) is 10.00 Å². The van der Waals surface area contributed by atoms with Gasteiger partial charge < -0.3 is 4.74 Å². The number of rotatable bonds is 1. The average molecular weight is 206 g/mol. The van der Waals surface area contributed by atoms with Gasteiger partial charge in [0.05, 0.1) is 24.6 Å². The molecule has 4 heteroatoms. The number of Topliss-reactive ketones (excluding diaryl/α,β-unsaturated/α-hetero) is 1. The Kier molecular flexibility index (Phi) is 2.09. The van der Waals surface area contributed by atoms with Crippen molar-refractivity contribution in [2.24, 2.45) is 5.92 Å². The van der Waals surface area contributed by atoms with Crippen LogP contribution >= 0.6 is 0 Å². The van der Waals surface area contributed by atoms with Crippen LogP contribution in [-0.4, -0.2) is 36.4 Å². The molecule has 1 saturated heterocycles. The number of carbonyl (C=O) groups excluding carboxylic acids is 1. The van der Waals surface area contributed by atoms with Gasteiger partial charge in [0.15, 0.2) is 5.76 Å². The standard InChI is InChI=1S/C11H14N2O2/c1-11-5-7(6-12)8(13(11)2)4-9(15-3)10(11)14/h4,7-8H,5H2,1-3H3/t7-,8+,11+/m1/s1. The average Bonchev–Trinajstić information content (AvgIpc) is 2.41. The van der Waals surface area contributed by atoms with Gasteiger partial charge in [0.2, 0.25) is 5.78 Å². The molecule has 1 fully saturated rings. The highest BCUT2D eigenvalue weighted by Crippen LogP contribution is 2.43. The third kappa shape index (κ3) is 1.13. The fourth-order valence-corrected chi connectivity index (χ4v) is 2.55. The van der Waals surface area contributed by atoms with E-state index in [0.717, 1.165) is 0 Å². The lowest BCUT2D eigenvalue weighted by Crippen LogP contribution is -2.52. The van der Waals surface area contributed by atoms with Crippen LogP contribution in [0.25, 0.3) is 0 Å². The number of nitriles is 1. The van der Waals surface area contributed by atoms with Gasteiger partial charge in [-0.05, 0) is 26.5 Å². The Balaban J connectivity index is 2.48. The van der Waals surface area contributed by atoms with E-state index in [9.17, 15) is 4.79 Å². The highest BCUT2D eigenvalue weighted by Gasteiger charge is 2.55. The van der Waals surface area contributed by atoms with E-state index >= 15 is 0 Å². The second-order valence-corrected chi connectivity index (χ2v) is 4.38. The van der Waals surface area contributed by atoms with Crippen LogP contribution in [-0.2, 0) is 9.53 Å². The largest absolute Gasteiger partial charge is 0.493 e. The molecule has 3 atom stereocenters. The van der Waals surface area contributed by atoms with Gasteiger partial charge >= 0.3 is 0 Å². The molecule has 0 radical (unpaired) electrons. The van der Waals surface area contributed by atoms with Crippen molar-refractivity contribution in [3.63, 3.8) is 0 Å². The maximum Gasteiger partial charge on any atom is 0.216 e. The van der Waals surface area contributed by atoms with Crippen molar-refractivity contribution in [1.82, 2.24) is 4.90 Å². The molecule has 4 nitrogen and oxygen atoms in total. The molecule has 2 rings (SSSR count). The van der Waals surface area contributed by atoms with E-state index in [1.54, 1.807) is 6.08 Å². The van der Waals surface area contributed by atoms with Crippen LogP contribution in [0.3, 0.4) is 0 Å². The van der Waals surface area contributed by atoms with Crippen LogP contribution in [0.1, 0.15) is 13.3 Å². The van der Waals surface area contributed by atoms with Gasteiger partial charge in [-0.15, -0.1) is 0 Å². The molecule has 0 unspecified atom stereocenters. The molecule has 0 aliphatic carbocycles. The minimum Gasteiger partial charge on any atom is -0.493 e. The van der Waals surface area contributed by atoms with Crippen LogP contribution in [0.5, 0.6) is 0 Å². The number of carbonyl (C=O) groups is 1. The van der Waals surface area contributed by atoms with E-state index in [-0.39, 0.29) is 17.7 Å². The topological polar surface area (TPSA) is 53.3 Å². The summed E-state index contributed by atoms with van der Waals surface area (Å²) in [5.74, 6) is 0.274. The first-order valence-electron chi connectivity index (χ1n) is 4.97. The first-order valence-corrected chi connectivity index (χ1v) is 4.97. The summed E-state index contributed by atoms with van der Waals surface area (Å²) in [6, 6.07) is 2.27. The molecule has 0 amide bonds. The summed E-state index contributed by atoms with van der Waals surface area (Å²) in [5.41, 5.74) is -0.564. The Morgan fingerprint density at radius 3 is 2.93 bits per heavy atom. The zero-order valence-electron chi connectivity index (χ0n) is 9.15. The highest BCUT2D eigenvalue weighted by atomic mass is 16.5. The van der Waals surface area contributed by atoms with Gasteiger partial charge in [-0.2, -0.15) is 5.26 Å². The van der Waals surface area contributed by atoms with Crippen LogP contribution in [0.2, 0.25) is 0 Å². The normalized spacial score (nSPS) is 39.9. The molecular weight excluding hydrogens is 192 g/mol. The number of nitrogens with zero attached hydrogens (tertiary/aromatic N) is 2. The highest BCUT2D eigenvalue weighted by molar-refractivity contribution is 6.02. The predicted molar refractivity (Wildman–Crippen MR) is 53.8 cm³/mol. The molecule has 0 saturated carbocycles. The third-order valence-electron chi connectivity index (χ3n) is 3.68. The minimum absolute atomic E-state index is 0.00708. The van der Waals surface area contributed by atoms with E-state index in [1.807, 2.05) is 18.9 Å². The van der Waals surface area contributed by atoms with Gasteiger partial charge in [-0.3, -0.25) is 9.69 Å². The van der Waals surface area contributed by atoms with Gasteiger partial charge in [-0.1, -0.05) is 0 Å². The zero-order chi connectivity index (χ0) is 11.2. The van der Waals surface area contributed by atoms with Crippen molar-refractivity contribution in [1.29, 1.82) is 5.26 Å². The minimum atomic E-state index is -0.564. The summed E-state index contributed by atoms with van der Waals surface area (Å²) in [4.78, 5) is 14.0. The summed E-state index contributed by atoms with van der Waals surface area (Å²) in [7, 11) is 3.39. The Bertz CT molecular complexity index is 383. The number of likely N-dealkylation sites (N-methyl/N-ethyl adjacent to an activating group) is 1. The monoisotopic (exact) mass is 206 g/mol. The number of hydrogen-bond acceptors (Lipinski definition) is 4. The summed E-state index contributed by atoms with van der Waals surface area (Å²) < 4.78 is 5.07. The molecule has 0 N–H and O–H groups in total. The molecule has 2 aliphatic rings. The summed E-state index contributed by atoms with van der Waals surface area (Å²) >= 11 is 0. The van der Waals surface area contributed by atoms with Crippen molar-refractivity contribution in [3.8, 4) is 6.07 Å². The Morgan fingerprint density at radius 1 is 1.73 bits per heavy atom. The molecule has 0 aromatic heterocycles. The maximum absolute atomic E-state index is 12.1. The van der Waals surface area contributed by atoms with Gasteiger partial charge in [0, 0.05) is 6.04 Å². The summed E-state index contributed by atoms with van der Waals surface area (Å²) in [6.45, 7) is 1.88. The SMILES string of the molecule is COC1=C[C@H]2[C@@H](C#N)C[C@@](C)(C1=O)N2C. The lowest BCUT2D eigenvalue weighted by molar-refractivity contribution is -0.128. The fourth-order valence-electron chi connectivity index (χ4n) is 2.55. The molecule has 0 spiro atoms. The van der Waals surface area contributed by atoms with Crippen molar-refractivity contribution in [2.75, 3.05) is 14.2 Å². The molecule has 0 aromatic carbocycles. The second-order valence-electron chi connectivity index (χ2n) is 4.38. The molecule has 0 aromatic rings. The Morgan fingerprint density at radius 2 is 2.40 bits per heavy atom. The van der Waals surface area contributed by atoms with E-state index in [1.165, 1.54) is 7.11 Å². The van der Waals surface area contributed by atoms with Crippen molar-refractivity contribution in [2.45, 2.75) is 24.9 Å². The van der Waals surface area contributed by atoms with Crippen molar-refractivity contribution >= 4 is 5.78 Å². The van der Waals surface area contributed by atoms with Crippen molar-refractivity contribution in [3.05, 3.63) is 11.8 Å². The quantitative estimate of drug-likeness (QED) is 0.633. The molecule has 2 bridgehead atoms. The van der Waals surface area contributed by atoms with Gasteiger partial charge in [-0.25, -0.2) is 0 Å². The number of hydrogen-bond donors (Lipinski definition) is 0. The van der Waals surface area contributed by atoms with Crippen LogP contribution in [0, 0.1) is 17.2 Å². The maximum atomic E-state index is 12.1. The zero-order valence-corrected chi connectivity index (χ0v) is 9.15.